The lowest BCUT2D eigenvalue weighted by Crippen LogP contribution is -2.23. The van der Waals surface area contributed by atoms with E-state index in [1.54, 1.807) is 24.3 Å². The Labute approximate surface area is 136 Å². The zero-order valence-electron chi connectivity index (χ0n) is 10.1. The van der Waals surface area contributed by atoms with Crippen LogP contribution < -0.4 is 4.72 Å². The summed E-state index contributed by atoms with van der Waals surface area (Å²) in [5.41, 5.74) is 0.786. The molecule has 106 valence electrons. The average Bonchev–Trinajstić information content (AvgIpc) is 2.40. The molecule has 1 N–H and O–H groups in total. The molecule has 3 nitrogen and oxygen atoms in total. The lowest BCUT2D eigenvalue weighted by atomic mass is 10.2. The maximum Gasteiger partial charge on any atom is 0.240 e. The summed E-state index contributed by atoms with van der Waals surface area (Å²) in [6, 6.07) is 11.4. The topological polar surface area (TPSA) is 46.2 Å². The van der Waals surface area contributed by atoms with Gasteiger partial charge in [0.1, 0.15) is 0 Å². The molecule has 0 unspecified atom stereocenters. The molecule has 0 aliphatic rings. The second-order valence-electron chi connectivity index (χ2n) is 4.03. The lowest BCUT2D eigenvalue weighted by Gasteiger charge is -2.08. The van der Waals surface area contributed by atoms with Crippen molar-refractivity contribution < 1.29 is 8.42 Å². The predicted molar refractivity (Wildman–Crippen MR) is 84.6 cm³/mol. The van der Waals surface area contributed by atoms with E-state index in [0.717, 1.165) is 5.56 Å². The SMILES string of the molecule is O=S(=O)(NCc1cccc(Cl)c1)c1ccc(Cl)c(Br)c1. The van der Waals surface area contributed by atoms with E-state index in [9.17, 15) is 8.42 Å². The van der Waals surface area contributed by atoms with Gasteiger partial charge in [-0.05, 0) is 51.8 Å². The standard InChI is InChI=1S/C13H10BrCl2NO2S/c14-12-7-11(4-5-13(12)16)20(18,19)17-8-9-2-1-3-10(15)6-9/h1-7,17H,8H2. The normalized spacial score (nSPS) is 11.6. The Morgan fingerprint density at radius 2 is 1.85 bits per heavy atom. The summed E-state index contributed by atoms with van der Waals surface area (Å²) in [5, 5.41) is 1.02. The van der Waals surface area contributed by atoms with E-state index in [1.807, 2.05) is 0 Å². The maximum atomic E-state index is 12.1. The van der Waals surface area contributed by atoms with Gasteiger partial charge in [0, 0.05) is 16.0 Å². The van der Waals surface area contributed by atoms with Crippen molar-refractivity contribution in [3.8, 4) is 0 Å². The summed E-state index contributed by atoms with van der Waals surface area (Å²) in [6.45, 7) is 0.170. The summed E-state index contributed by atoms with van der Waals surface area (Å²) >= 11 is 14.9. The Kier molecular flexibility index (Phi) is 5.09. The van der Waals surface area contributed by atoms with Crippen LogP contribution in [0.4, 0.5) is 0 Å². The van der Waals surface area contributed by atoms with Crippen LogP contribution in [0.15, 0.2) is 51.8 Å². The first-order valence-electron chi connectivity index (χ1n) is 5.58. The fourth-order valence-corrected chi connectivity index (χ4v) is 3.46. The predicted octanol–water partition coefficient (Wildman–Crippen LogP) is 4.23. The van der Waals surface area contributed by atoms with Crippen LogP contribution >= 0.6 is 39.1 Å². The monoisotopic (exact) mass is 393 g/mol. The van der Waals surface area contributed by atoms with Crippen LogP contribution in [0.3, 0.4) is 0 Å². The number of rotatable bonds is 4. The highest BCUT2D eigenvalue weighted by Gasteiger charge is 2.15. The molecular formula is C13H10BrCl2NO2S. The molecular weight excluding hydrogens is 385 g/mol. The molecule has 0 saturated carbocycles. The van der Waals surface area contributed by atoms with Gasteiger partial charge < -0.3 is 0 Å². The molecule has 0 aliphatic carbocycles. The van der Waals surface area contributed by atoms with E-state index in [2.05, 4.69) is 20.7 Å². The highest BCUT2D eigenvalue weighted by atomic mass is 79.9. The van der Waals surface area contributed by atoms with Crippen LogP contribution in [0, 0.1) is 0 Å². The molecule has 20 heavy (non-hydrogen) atoms. The largest absolute Gasteiger partial charge is 0.240 e. The molecule has 0 saturated heterocycles. The highest BCUT2D eigenvalue weighted by Crippen LogP contribution is 2.25. The number of sulfonamides is 1. The van der Waals surface area contributed by atoms with Crippen molar-refractivity contribution >= 4 is 49.2 Å². The van der Waals surface area contributed by atoms with Crippen LogP contribution in [-0.4, -0.2) is 8.42 Å². The first-order chi connectivity index (χ1) is 9.38. The van der Waals surface area contributed by atoms with E-state index >= 15 is 0 Å². The van der Waals surface area contributed by atoms with Gasteiger partial charge in [-0.2, -0.15) is 0 Å². The lowest BCUT2D eigenvalue weighted by molar-refractivity contribution is 0.581. The Bertz CT molecular complexity index is 735. The number of hydrogen-bond acceptors (Lipinski definition) is 2. The zero-order valence-corrected chi connectivity index (χ0v) is 14.0. The number of nitrogens with one attached hydrogen (secondary N) is 1. The molecule has 2 rings (SSSR count). The Morgan fingerprint density at radius 3 is 2.50 bits per heavy atom. The molecule has 0 atom stereocenters. The van der Waals surface area contributed by atoms with Crippen molar-refractivity contribution in [3.63, 3.8) is 0 Å². The molecule has 0 amide bonds. The summed E-state index contributed by atoms with van der Waals surface area (Å²) in [7, 11) is -3.59. The summed E-state index contributed by atoms with van der Waals surface area (Å²) in [4.78, 5) is 0.149. The van der Waals surface area contributed by atoms with Crippen LogP contribution in [0.1, 0.15) is 5.56 Å². The smallest absolute Gasteiger partial charge is 0.207 e. The number of benzene rings is 2. The van der Waals surface area contributed by atoms with Gasteiger partial charge in [-0.1, -0.05) is 35.3 Å². The van der Waals surface area contributed by atoms with E-state index in [4.69, 9.17) is 23.2 Å². The summed E-state index contributed by atoms with van der Waals surface area (Å²) in [6.07, 6.45) is 0. The fraction of sp³-hybridized carbons (Fsp3) is 0.0769. The van der Waals surface area contributed by atoms with Gasteiger partial charge in [-0.3, -0.25) is 0 Å². The van der Waals surface area contributed by atoms with E-state index in [0.29, 0.717) is 14.5 Å². The minimum Gasteiger partial charge on any atom is -0.207 e. The van der Waals surface area contributed by atoms with E-state index in [1.165, 1.54) is 18.2 Å². The molecule has 0 aliphatic heterocycles. The van der Waals surface area contributed by atoms with Gasteiger partial charge in [-0.25, -0.2) is 13.1 Å². The summed E-state index contributed by atoms with van der Waals surface area (Å²) < 4.78 is 27.3. The minimum atomic E-state index is -3.59. The molecule has 0 radical (unpaired) electrons. The first-order valence-corrected chi connectivity index (χ1v) is 8.61. The number of hydrogen-bond donors (Lipinski definition) is 1. The van der Waals surface area contributed by atoms with Crippen LogP contribution in [0.25, 0.3) is 0 Å². The third kappa shape index (κ3) is 3.96. The summed E-state index contributed by atoms with van der Waals surface area (Å²) in [5.74, 6) is 0. The molecule has 0 fully saturated rings. The van der Waals surface area contributed by atoms with Crippen LogP contribution in [-0.2, 0) is 16.6 Å². The van der Waals surface area contributed by atoms with E-state index < -0.39 is 10.0 Å². The van der Waals surface area contributed by atoms with Crippen molar-refractivity contribution in [1.29, 1.82) is 0 Å². The zero-order chi connectivity index (χ0) is 14.8. The van der Waals surface area contributed by atoms with Crippen molar-refractivity contribution in [2.24, 2.45) is 0 Å². The van der Waals surface area contributed by atoms with Crippen molar-refractivity contribution in [3.05, 3.63) is 62.5 Å². The minimum absolute atomic E-state index is 0.149. The van der Waals surface area contributed by atoms with Crippen molar-refractivity contribution in [2.45, 2.75) is 11.4 Å². The van der Waals surface area contributed by atoms with Crippen LogP contribution in [0.5, 0.6) is 0 Å². The molecule has 2 aromatic rings. The van der Waals surface area contributed by atoms with Gasteiger partial charge in [0.25, 0.3) is 0 Å². The second kappa shape index (κ2) is 6.45. The highest BCUT2D eigenvalue weighted by molar-refractivity contribution is 9.10. The maximum absolute atomic E-state index is 12.1. The first kappa shape index (κ1) is 15.8. The second-order valence-corrected chi connectivity index (χ2v) is 7.50. The quantitative estimate of drug-likeness (QED) is 0.843. The molecule has 0 spiro atoms. The van der Waals surface area contributed by atoms with Crippen LogP contribution in [0.2, 0.25) is 10.0 Å². The van der Waals surface area contributed by atoms with Gasteiger partial charge >= 0.3 is 0 Å². The average molecular weight is 395 g/mol. The molecule has 0 aromatic heterocycles. The van der Waals surface area contributed by atoms with Gasteiger partial charge in [0.15, 0.2) is 0 Å². The Hall–Kier alpha value is -0.590. The van der Waals surface area contributed by atoms with Gasteiger partial charge in [0.05, 0.1) is 9.92 Å². The molecule has 7 heteroatoms. The Balaban J connectivity index is 2.17. The van der Waals surface area contributed by atoms with Gasteiger partial charge in [0.2, 0.25) is 10.0 Å². The number of halogens is 3. The van der Waals surface area contributed by atoms with E-state index in [-0.39, 0.29) is 11.4 Å². The molecule has 2 aromatic carbocycles. The van der Waals surface area contributed by atoms with Crippen molar-refractivity contribution in [1.82, 2.24) is 4.72 Å². The third-order valence-electron chi connectivity index (χ3n) is 2.56. The third-order valence-corrected chi connectivity index (χ3v) is 5.40. The molecule has 0 bridgehead atoms. The van der Waals surface area contributed by atoms with Crippen molar-refractivity contribution in [2.75, 3.05) is 0 Å². The van der Waals surface area contributed by atoms with Gasteiger partial charge in [-0.15, -0.1) is 0 Å². The molecule has 0 heterocycles. The Morgan fingerprint density at radius 1 is 1.10 bits per heavy atom. The fourth-order valence-electron chi connectivity index (χ4n) is 1.55.